The number of hydrogen-bond acceptors (Lipinski definition) is 5. The Morgan fingerprint density at radius 3 is 2.81 bits per heavy atom. The van der Waals surface area contributed by atoms with Gasteiger partial charge in [-0.1, -0.05) is 5.16 Å². The summed E-state index contributed by atoms with van der Waals surface area (Å²) in [6.45, 7) is 1.59. The number of urea groups is 1. The molecule has 1 heterocycles. The molecule has 0 bridgehead atoms. The third-order valence-electron chi connectivity index (χ3n) is 2.43. The Morgan fingerprint density at radius 1 is 1.43 bits per heavy atom. The molecule has 0 saturated heterocycles. The molecule has 0 aliphatic heterocycles. The van der Waals surface area contributed by atoms with Gasteiger partial charge in [0.2, 0.25) is 5.89 Å². The molecule has 110 valence electrons. The Morgan fingerprint density at radius 2 is 2.19 bits per heavy atom. The predicted molar refractivity (Wildman–Crippen MR) is 68.3 cm³/mol. The van der Waals surface area contributed by atoms with E-state index in [0.29, 0.717) is 5.82 Å². The van der Waals surface area contributed by atoms with Crippen LogP contribution >= 0.6 is 0 Å². The molecule has 2 aromatic rings. The molecule has 1 aromatic heterocycles. The van der Waals surface area contributed by atoms with Crippen LogP contribution in [0.15, 0.2) is 22.7 Å². The number of hydrogen-bond donors (Lipinski definition) is 3. The lowest BCUT2D eigenvalue weighted by Gasteiger charge is -2.09. The van der Waals surface area contributed by atoms with Crippen LogP contribution in [0.1, 0.15) is 22.1 Å². The van der Waals surface area contributed by atoms with Crippen LogP contribution in [-0.2, 0) is 6.54 Å². The summed E-state index contributed by atoms with van der Waals surface area (Å²) in [5.41, 5.74) is -0.373. The summed E-state index contributed by atoms with van der Waals surface area (Å²) in [7, 11) is 0. The highest BCUT2D eigenvalue weighted by Crippen LogP contribution is 2.17. The number of rotatable bonds is 4. The van der Waals surface area contributed by atoms with Crippen LogP contribution in [0.4, 0.5) is 14.9 Å². The number of aromatic carboxylic acids is 1. The maximum atomic E-state index is 13.1. The van der Waals surface area contributed by atoms with E-state index in [1.807, 2.05) is 0 Å². The summed E-state index contributed by atoms with van der Waals surface area (Å²) < 4.78 is 17.9. The molecule has 21 heavy (non-hydrogen) atoms. The summed E-state index contributed by atoms with van der Waals surface area (Å²) in [5.74, 6) is -1.33. The number of nitrogens with zero attached hydrogens (tertiary/aromatic N) is 2. The molecule has 2 amide bonds. The van der Waals surface area contributed by atoms with Crippen molar-refractivity contribution in [1.29, 1.82) is 0 Å². The minimum absolute atomic E-state index is 0.0373. The van der Waals surface area contributed by atoms with Crippen molar-refractivity contribution in [2.24, 2.45) is 0 Å². The van der Waals surface area contributed by atoms with E-state index in [1.54, 1.807) is 6.92 Å². The number of amides is 2. The molecule has 2 rings (SSSR count). The fourth-order valence-corrected chi connectivity index (χ4v) is 1.54. The van der Waals surface area contributed by atoms with Crippen molar-refractivity contribution in [3.63, 3.8) is 0 Å². The van der Waals surface area contributed by atoms with Crippen molar-refractivity contribution in [3.8, 4) is 0 Å². The van der Waals surface area contributed by atoms with E-state index in [0.717, 1.165) is 18.2 Å². The molecule has 3 N–H and O–H groups in total. The zero-order valence-corrected chi connectivity index (χ0v) is 10.9. The number of carbonyl (C=O) groups excluding carboxylic acids is 1. The Hall–Kier alpha value is -2.97. The van der Waals surface area contributed by atoms with Crippen molar-refractivity contribution in [1.82, 2.24) is 15.5 Å². The first kappa shape index (κ1) is 14.4. The fraction of sp³-hybridized carbons (Fsp3) is 0.167. The van der Waals surface area contributed by atoms with E-state index in [4.69, 9.17) is 9.63 Å². The first-order valence-corrected chi connectivity index (χ1v) is 5.82. The van der Waals surface area contributed by atoms with E-state index < -0.39 is 17.8 Å². The van der Waals surface area contributed by atoms with Gasteiger partial charge in [-0.25, -0.2) is 14.0 Å². The summed E-state index contributed by atoms with van der Waals surface area (Å²) in [5, 5.41) is 17.1. The molecular formula is C12H11FN4O4. The predicted octanol–water partition coefficient (Wildman–Crippen LogP) is 1.54. The number of carboxylic acids is 1. The van der Waals surface area contributed by atoms with Gasteiger partial charge in [0.25, 0.3) is 0 Å². The standard InChI is InChI=1S/C12H11FN4O4/c1-6-15-10(21-17-6)5-14-12(20)16-9-4-7(13)2-3-8(9)11(18)19/h2-4H,5H2,1H3,(H,18,19)(H2,14,16,20). The number of benzene rings is 1. The van der Waals surface area contributed by atoms with Crippen molar-refractivity contribution in [2.75, 3.05) is 5.32 Å². The highest BCUT2D eigenvalue weighted by Gasteiger charge is 2.14. The number of aromatic nitrogens is 2. The van der Waals surface area contributed by atoms with E-state index in [1.165, 1.54) is 0 Å². The van der Waals surface area contributed by atoms with Crippen LogP contribution in [0.2, 0.25) is 0 Å². The van der Waals surface area contributed by atoms with Gasteiger partial charge in [0.1, 0.15) is 5.82 Å². The molecule has 0 atom stereocenters. The zero-order valence-electron chi connectivity index (χ0n) is 10.9. The number of carboxylic acid groups (broad SMARTS) is 1. The first-order valence-electron chi connectivity index (χ1n) is 5.82. The maximum absolute atomic E-state index is 13.1. The Balaban J connectivity index is 2.02. The quantitative estimate of drug-likeness (QED) is 0.787. The Bertz CT molecular complexity index is 686. The van der Waals surface area contributed by atoms with E-state index in [-0.39, 0.29) is 23.7 Å². The largest absolute Gasteiger partial charge is 0.478 e. The molecule has 0 radical (unpaired) electrons. The molecule has 0 saturated carbocycles. The van der Waals surface area contributed by atoms with Gasteiger partial charge in [0.15, 0.2) is 5.82 Å². The molecular weight excluding hydrogens is 283 g/mol. The monoisotopic (exact) mass is 294 g/mol. The average Bonchev–Trinajstić information content (AvgIpc) is 2.82. The van der Waals surface area contributed by atoms with Crippen LogP contribution in [0.25, 0.3) is 0 Å². The van der Waals surface area contributed by atoms with Crippen LogP contribution in [-0.4, -0.2) is 27.2 Å². The second kappa shape index (κ2) is 5.99. The Labute approximate surface area is 118 Å². The number of carbonyl (C=O) groups is 2. The van der Waals surface area contributed by atoms with Crippen molar-refractivity contribution in [2.45, 2.75) is 13.5 Å². The second-order valence-electron chi connectivity index (χ2n) is 4.04. The summed E-state index contributed by atoms with van der Waals surface area (Å²) in [6.07, 6.45) is 0. The summed E-state index contributed by atoms with van der Waals surface area (Å²) in [6, 6.07) is 2.25. The minimum atomic E-state index is -1.28. The van der Waals surface area contributed by atoms with E-state index in [2.05, 4.69) is 20.8 Å². The first-order chi connectivity index (χ1) is 9.95. The maximum Gasteiger partial charge on any atom is 0.337 e. The van der Waals surface area contributed by atoms with Crippen LogP contribution in [0.5, 0.6) is 0 Å². The average molecular weight is 294 g/mol. The van der Waals surface area contributed by atoms with Gasteiger partial charge < -0.3 is 20.3 Å². The lowest BCUT2D eigenvalue weighted by atomic mass is 10.2. The third-order valence-corrected chi connectivity index (χ3v) is 2.43. The minimum Gasteiger partial charge on any atom is -0.478 e. The molecule has 8 nitrogen and oxygen atoms in total. The molecule has 0 unspecified atom stereocenters. The topological polar surface area (TPSA) is 117 Å². The molecule has 0 aliphatic rings. The number of halogens is 1. The van der Waals surface area contributed by atoms with Gasteiger partial charge in [0.05, 0.1) is 17.8 Å². The molecule has 0 spiro atoms. The highest BCUT2D eigenvalue weighted by molar-refractivity contribution is 5.99. The van der Waals surface area contributed by atoms with Crippen LogP contribution in [0, 0.1) is 12.7 Å². The number of anilines is 1. The SMILES string of the molecule is Cc1noc(CNC(=O)Nc2cc(F)ccc2C(=O)O)n1. The highest BCUT2D eigenvalue weighted by atomic mass is 19.1. The lowest BCUT2D eigenvalue weighted by Crippen LogP contribution is -2.29. The van der Waals surface area contributed by atoms with Gasteiger partial charge >= 0.3 is 12.0 Å². The van der Waals surface area contributed by atoms with Gasteiger partial charge in [-0.2, -0.15) is 4.98 Å². The van der Waals surface area contributed by atoms with Crippen LogP contribution < -0.4 is 10.6 Å². The molecule has 1 aromatic carbocycles. The fourth-order valence-electron chi connectivity index (χ4n) is 1.54. The molecule has 0 fully saturated rings. The van der Waals surface area contributed by atoms with Crippen molar-refractivity contribution >= 4 is 17.7 Å². The lowest BCUT2D eigenvalue weighted by molar-refractivity contribution is 0.0698. The van der Waals surface area contributed by atoms with Crippen LogP contribution in [0.3, 0.4) is 0 Å². The van der Waals surface area contributed by atoms with Crippen molar-refractivity contribution in [3.05, 3.63) is 41.3 Å². The number of nitrogens with one attached hydrogen (secondary N) is 2. The van der Waals surface area contributed by atoms with Gasteiger partial charge in [-0.15, -0.1) is 0 Å². The number of aryl methyl sites for hydroxylation is 1. The Kier molecular flexibility index (Phi) is 4.12. The summed E-state index contributed by atoms with van der Waals surface area (Å²) >= 11 is 0. The third kappa shape index (κ3) is 3.75. The molecule has 9 heteroatoms. The van der Waals surface area contributed by atoms with Gasteiger partial charge in [-0.3, -0.25) is 0 Å². The molecule has 0 aliphatic carbocycles. The zero-order chi connectivity index (χ0) is 15.4. The second-order valence-corrected chi connectivity index (χ2v) is 4.04. The van der Waals surface area contributed by atoms with Gasteiger partial charge in [-0.05, 0) is 25.1 Å². The normalized spacial score (nSPS) is 10.2. The smallest absolute Gasteiger partial charge is 0.337 e. The van der Waals surface area contributed by atoms with E-state index >= 15 is 0 Å². The van der Waals surface area contributed by atoms with E-state index in [9.17, 15) is 14.0 Å². The van der Waals surface area contributed by atoms with Crippen molar-refractivity contribution < 1.29 is 23.6 Å². The summed E-state index contributed by atoms with van der Waals surface area (Å²) in [4.78, 5) is 26.5. The van der Waals surface area contributed by atoms with Gasteiger partial charge in [0, 0.05) is 0 Å².